The minimum Gasteiger partial charge on any atom is -0.478 e. The van der Waals surface area contributed by atoms with Gasteiger partial charge in [0.25, 0.3) is 0 Å². The van der Waals surface area contributed by atoms with Gasteiger partial charge in [0, 0.05) is 19.5 Å². The van der Waals surface area contributed by atoms with Crippen molar-refractivity contribution >= 4 is 38.1 Å². The van der Waals surface area contributed by atoms with Gasteiger partial charge in [-0.15, -0.1) is 0 Å². The number of para-hydroxylation sites is 2. The van der Waals surface area contributed by atoms with E-state index >= 15 is 0 Å². The van der Waals surface area contributed by atoms with E-state index in [-0.39, 0.29) is 17.1 Å². The second-order valence-electron chi connectivity index (χ2n) is 7.26. The Kier molecular flexibility index (Phi) is 4.59. The van der Waals surface area contributed by atoms with E-state index in [2.05, 4.69) is 9.97 Å². The van der Waals surface area contributed by atoms with E-state index < -0.39 is 16.2 Å². The molecule has 4 aromatic rings. The number of hydrogen-bond donors (Lipinski definition) is 1. The van der Waals surface area contributed by atoms with Gasteiger partial charge >= 0.3 is 16.2 Å². The minimum absolute atomic E-state index is 0.00493. The number of aryl methyl sites for hydroxylation is 2. The highest BCUT2D eigenvalue weighted by Crippen LogP contribution is 2.32. The number of fused-ring (bicyclic) bond motifs is 2. The van der Waals surface area contributed by atoms with Crippen LogP contribution in [0.2, 0.25) is 0 Å². The molecule has 0 atom stereocenters. The Hall–Kier alpha value is -3.30. The first-order chi connectivity index (χ1) is 14.1. The van der Waals surface area contributed by atoms with E-state index in [9.17, 15) is 18.3 Å². The number of aromatic nitrogens is 3. The van der Waals surface area contributed by atoms with Crippen molar-refractivity contribution in [2.45, 2.75) is 13.8 Å². The van der Waals surface area contributed by atoms with Crippen molar-refractivity contribution in [3.05, 3.63) is 59.2 Å². The number of carboxylic acid groups (broad SMARTS) is 1. The smallest absolute Gasteiger partial charge is 0.338 e. The molecule has 0 saturated carbocycles. The fourth-order valence-electron chi connectivity index (χ4n) is 3.42. The minimum atomic E-state index is -4.00. The number of aromatic carboxylic acids is 1. The predicted octanol–water partition coefficient (Wildman–Crippen LogP) is 3.22. The average Bonchev–Trinajstić information content (AvgIpc) is 3.10. The summed E-state index contributed by atoms with van der Waals surface area (Å²) >= 11 is 0. The molecule has 0 fully saturated rings. The van der Waals surface area contributed by atoms with Crippen molar-refractivity contribution in [2.24, 2.45) is 0 Å². The molecule has 4 rings (SSSR count). The van der Waals surface area contributed by atoms with Gasteiger partial charge in [0.2, 0.25) is 0 Å². The predicted molar refractivity (Wildman–Crippen MR) is 115 cm³/mol. The Balaban J connectivity index is 2.20. The van der Waals surface area contributed by atoms with E-state index in [0.717, 1.165) is 19.4 Å². The topological polar surface area (TPSA) is 105 Å². The third kappa shape index (κ3) is 2.94. The third-order valence-electron chi connectivity index (χ3n) is 5.06. The van der Waals surface area contributed by atoms with Crippen molar-refractivity contribution in [3.63, 3.8) is 0 Å². The number of rotatable bonds is 4. The van der Waals surface area contributed by atoms with E-state index in [1.807, 2.05) is 26.0 Å². The quantitative estimate of drug-likeness (QED) is 0.539. The average molecular weight is 424 g/mol. The molecule has 0 aliphatic heterocycles. The number of nitrogens with zero attached hydrogens (tertiary/aromatic N) is 4. The first-order valence-electron chi connectivity index (χ1n) is 9.18. The summed E-state index contributed by atoms with van der Waals surface area (Å²) in [7, 11) is -1.18. The second kappa shape index (κ2) is 6.89. The van der Waals surface area contributed by atoms with E-state index in [1.165, 1.54) is 20.2 Å². The zero-order chi connectivity index (χ0) is 21.8. The van der Waals surface area contributed by atoms with Crippen LogP contribution in [0.4, 0.5) is 0 Å². The molecule has 1 N–H and O–H groups in total. The van der Waals surface area contributed by atoms with Crippen LogP contribution in [0.25, 0.3) is 33.5 Å². The SMILES string of the molecule is Cc1ccc(C)c2nc(-c3nc4ccccc4n3S(=O)(=O)N(C)C)c(C(=O)O)cc12. The molecule has 0 unspecified atom stereocenters. The Bertz CT molecular complexity index is 1440. The Labute approximate surface area is 173 Å². The summed E-state index contributed by atoms with van der Waals surface area (Å²) in [4.78, 5) is 21.2. The number of imidazole rings is 1. The van der Waals surface area contributed by atoms with Gasteiger partial charge in [0.1, 0.15) is 5.69 Å². The molecule has 30 heavy (non-hydrogen) atoms. The molecule has 0 saturated heterocycles. The summed E-state index contributed by atoms with van der Waals surface area (Å²) < 4.78 is 28.4. The lowest BCUT2D eigenvalue weighted by atomic mass is 10.0. The van der Waals surface area contributed by atoms with Gasteiger partial charge in [-0.05, 0) is 43.2 Å². The molecule has 0 bridgehead atoms. The lowest BCUT2D eigenvalue weighted by Gasteiger charge is -2.16. The van der Waals surface area contributed by atoms with E-state index in [0.29, 0.717) is 21.9 Å². The monoisotopic (exact) mass is 424 g/mol. The fourth-order valence-corrected chi connectivity index (χ4v) is 4.49. The molecule has 0 aliphatic rings. The van der Waals surface area contributed by atoms with Gasteiger partial charge in [-0.25, -0.2) is 18.7 Å². The van der Waals surface area contributed by atoms with Crippen LogP contribution in [0, 0.1) is 13.8 Å². The molecule has 8 nitrogen and oxygen atoms in total. The van der Waals surface area contributed by atoms with Gasteiger partial charge < -0.3 is 5.11 Å². The summed E-state index contributed by atoms with van der Waals surface area (Å²) in [5.41, 5.74) is 3.01. The van der Waals surface area contributed by atoms with Crippen LogP contribution in [0.15, 0.2) is 42.5 Å². The third-order valence-corrected chi connectivity index (χ3v) is 6.81. The fraction of sp³-hybridized carbons (Fsp3) is 0.190. The van der Waals surface area contributed by atoms with Gasteiger partial charge in [0.15, 0.2) is 5.82 Å². The van der Waals surface area contributed by atoms with Crippen molar-refractivity contribution in [2.75, 3.05) is 14.1 Å². The standard InChI is InChI=1S/C21H20N4O4S/c1-12-9-10-13(2)18-14(12)11-15(21(26)27)19(23-18)20-22-16-7-5-6-8-17(16)25(20)30(28,29)24(3)4/h5-11H,1-4H3,(H,26,27). The van der Waals surface area contributed by atoms with Crippen molar-refractivity contribution < 1.29 is 18.3 Å². The number of carbonyl (C=O) groups is 1. The van der Waals surface area contributed by atoms with Crippen molar-refractivity contribution in [3.8, 4) is 11.5 Å². The molecule has 0 radical (unpaired) electrons. The molecule has 9 heteroatoms. The molecule has 2 aromatic carbocycles. The second-order valence-corrected chi connectivity index (χ2v) is 9.26. The first kappa shape index (κ1) is 20.0. The normalized spacial score (nSPS) is 12.2. The zero-order valence-electron chi connectivity index (χ0n) is 16.9. The van der Waals surface area contributed by atoms with Gasteiger partial charge in [-0.1, -0.05) is 24.3 Å². The summed E-state index contributed by atoms with van der Waals surface area (Å²) in [5.74, 6) is -1.24. The maximum absolute atomic E-state index is 13.1. The van der Waals surface area contributed by atoms with E-state index in [4.69, 9.17) is 0 Å². The van der Waals surface area contributed by atoms with Crippen molar-refractivity contribution in [1.29, 1.82) is 0 Å². The highest BCUT2D eigenvalue weighted by Gasteiger charge is 2.29. The highest BCUT2D eigenvalue weighted by atomic mass is 32.2. The molecule has 2 heterocycles. The number of benzene rings is 2. The van der Waals surface area contributed by atoms with Crippen LogP contribution < -0.4 is 0 Å². The Morgan fingerprint density at radius 2 is 1.70 bits per heavy atom. The van der Waals surface area contributed by atoms with Crippen LogP contribution in [0.1, 0.15) is 21.5 Å². The van der Waals surface area contributed by atoms with E-state index in [1.54, 1.807) is 24.3 Å². The van der Waals surface area contributed by atoms with Gasteiger partial charge in [-0.2, -0.15) is 12.7 Å². The first-order valence-corrected chi connectivity index (χ1v) is 10.6. The summed E-state index contributed by atoms with van der Waals surface area (Å²) in [6.45, 7) is 3.75. The number of carboxylic acids is 1. The molecular weight excluding hydrogens is 404 g/mol. The summed E-state index contributed by atoms with van der Waals surface area (Å²) in [6.07, 6.45) is 0. The largest absolute Gasteiger partial charge is 0.478 e. The zero-order valence-corrected chi connectivity index (χ0v) is 17.7. The Morgan fingerprint density at radius 3 is 2.37 bits per heavy atom. The lowest BCUT2D eigenvalue weighted by molar-refractivity contribution is 0.0697. The number of hydrogen-bond acceptors (Lipinski definition) is 5. The summed E-state index contributed by atoms with van der Waals surface area (Å²) in [6, 6.07) is 12.1. The molecule has 0 spiro atoms. The van der Waals surface area contributed by atoms with Gasteiger partial charge in [0.05, 0.1) is 22.1 Å². The molecule has 0 aliphatic carbocycles. The van der Waals surface area contributed by atoms with Crippen LogP contribution in [0.5, 0.6) is 0 Å². The van der Waals surface area contributed by atoms with Crippen molar-refractivity contribution in [1.82, 2.24) is 18.2 Å². The van der Waals surface area contributed by atoms with Crippen LogP contribution >= 0.6 is 0 Å². The van der Waals surface area contributed by atoms with Crippen LogP contribution in [0.3, 0.4) is 0 Å². The summed E-state index contributed by atoms with van der Waals surface area (Å²) in [5, 5.41) is 10.6. The van der Waals surface area contributed by atoms with Gasteiger partial charge in [-0.3, -0.25) is 0 Å². The Morgan fingerprint density at radius 1 is 1.03 bits per heavy atom. The lowest BCUT2D eigenvalue weighted by Crippen LogP contribution is -2.29. The van der Waals surface area contributed by atoms with Crippen LogP contribution in [-0.4, -0.2) is 51.8 Å². The maximum Gasteiger partial charge on any atom is 0.338 e. The highest BCUT2D eigenvalue weighted by molar-refractivity contribution is 7.87. The molecule has 0 amide bonds. The van der Waals surface area contributed by atoms with Crippen LogP contribution in [-0.2, 0) is 10.2 Å². The molecule has 2 aromatic heterocycles. The molecular formula is C21H20N4O4S. The molecule has 154 valence electrons. The number of pyridine rings is 1. The maximum atomic E-state index is 13.1.